The van der Waals surface area contributed by atoms with Crippen molar-refractivity contribution in [3.63, 3.8) is 0 Å². The number of hydrogen-bond donors (Lipinski definition) is 2. The van der Waals surface area contributed by atoms with E-state index in [1.165, 1.54) is 12.1 Å². The van der Waals surface area contributed by atoms with Crippen LogP contribution in [0.1, 0.15) is 25.3 Å². The molecule has 0 bridgehead atoms. The van der Waals surface area contributed by atoms with Crippen LogP contribution in [0.5, 0.6) is 0 Å². The molecule has 2 rings (SSSR count). The Morgan fingerprint density at radius 2 is 2.16 bits per heavy atom. The van der Waals surface area contributed by atoms with Crippen molar-refractivity contribution in [1.29, 1.82) is 0 Å². The molecule has 1 aliphatic rings. The molecule has 1 aromatic rings. The monoisotopic (exact) mass is 286 g/mol. The van der Waals surface area contributed by atoms with E-state index in [0.717, 1.165) is 13.0 Å². The van der Waals surface area contributed by atoms with Gasteiger partial charge in [-0.1, -0.05) is 6.07 Å². The van der Waals surface area contributed by atoms with E-state index >= 15 is 0 Å². The molecule has 0 saturated carbocycles. The second-order valence-electron chi connectivity index (χ2n) is 5.13. The van der Waals surface area contributed by atoms with Gasteiger partial charge in [0.2, 0.25) is 10.0 Å². The summed E-state index contributed by atoms with van der Waals surface area (Å²) >= 11 is 0. The van der Waals surface area contributed by atoms with Crippen molar-refractivity contribution in [3.05, 3.63) is 29.6 Å². The molecular weight excluding hydrogens is 267 g/mol. The summed E-state index contributed by atoms with van der Waals surface area (Å²) in [6.07, 6.45) is 1.43. The standard InChI is InChI=1S/C13H19FN2O2S/c1-9-3-4-13(12(14)7-9)19(17,18)16-11-5-6-15-10(2)8-11/h3-4,7,10-11,15-16H,5-6,8H2,1-2H3. The van der Waals surface area contributed by atoms with E-state index in [-0.39, 0.29) is 17.0 Å². The van der Waals surface area contributed by atoms with Crippen LogP contribution in [-0.2, 0) is 10.0 Å². The Labute approximate surface area is 113 Å². The Balaban J connectivity index is 2.18. The molecule has 1 aliphatic heterocycles. The van der Waals surface area contributed by atoms with Crippen molar-refractivity contribution in [2.45, 2.75) is 43.7 Å². The van der Waals surface area contributed by atoms with E-state index in [4.69, 9.17) is 0 Å². The average Bonchev–Trinajstić information content (AvgIpc) is 2.27. The molecule has 1 fully saturated rings. The highest BCUT2D eigenvalue weighted by atomic mass is 32.2. The van der Waals surface area contributed by atoms with Crippen LogP contribution >= 0.6 is 0 Å². The minimum Gasteiger partial charge on any atom is -0.314 e. The summed E-state index contributed by atoms with van der Waals surface area (Å²) in [5.41, 5.74) is 0.701. The van der Waals surface area contributed by atoms with Gasteiger partial charge in [-0.05, 0) is 50.9 Å². The van der Waals surface area contributed by atoms with E-state index < -0.39 is 15.8 Å². The molecular formula is C13H19FN2O2S. The summed E-state index contributed by atoms with van der Waals surface area (Å²) in [5.74, 6) is -0.700. The predicted octanol–water partition coefficient (Wildman–Crippen LogP) is 1.55. The lowest BCUT2D eigenvalue weighted by Crippen LogP contribution is -2.46. The summed E-state index contributed by atoms with van der Waals surface area (Å²) in [6, 6.07) is 4.28. The Morgan fingerprint density at radius 3 is 2.79 bits per heavy atom. The third kappa shape index (κ3) is 3.52. The van der Waals surface area contributed by atoms with Gasteiger partial charge >= 0.3 is 0 Å². The molecule has 0 spiro atoms. The molecule has 0 radical (unpaired) electrons. The van der Waals surface area contributed by atoms with Crippen molar-refractivity contribution in [1.82, 2.24) is 10.0 Å². The SMILES string of the molecule is Cc1ccc(S(=O)(=O)NC2CCNC(C)C2)c(F)c1. The molecule has 2 unspecified atom stereocenters. The van der Waals surface area contributed by atoms with E-state index in [2.05, 4.69) is 10.0 Å². The van der Waals surface area contributed by atoms with Crippen molar-refractivity contribution < 1.29 is 12.8 Å². The molecule has 2 atom stereocenters. The highest BCUT2D eigenvalue weighted by Gasteiger charge is 2.26. The summed E-state index contributed by atoms with van der Waals surface area (Å²) in [4.78, 5) is -0.274. The zero-order chi connectivity index (χ0) is 14.0. The first-order chi connectivity index (χ1) is 8.88. The van der Waals surface area contributed by atoms with Crippen LogP contribution in [0.3, 0.4) is 0 Å². The lowest BCUT2D eigenvalue weighted by atomic mass is 10.0. The lowest BCUT2D eigenvalue weighted by molar-refractivity contribution is 0.361. The molecule has 1 heterocycles. The lowest BCUT2D eigenvalue weighted by Gasteiger charge is -2.28. The zero-order valence-corrected chi connectivity index (χ0v) is 11.9. The fourth-order valence-electron chi connectivity index (χ4n) is 2.35. The van der Waals surface area contributed by atoms with Crippen LogP contribution in [0.25, 0.3) is 0 Å². The van der Waals surface area contributed by atoms with Crippen LogP contribution in [0, 0.1) is 12.7 Å². The maximum atomic E-state index is 13.7. The Hall–Kier alpha value is -0.980. The third-order valence-corrected chi connectivity index (χ3v) is 4.88. The Kier molecular flexibility index (Phi) is 4.23. The van der Waals surface area contributed by atoms with Gasteiger partial charge in [0.05, 0.1) is 0 Å². The van der Waals surface area contributed by atoms with Gasteiger partial charge in [-0.15, -0.1) is 0 Å². The number of rotatable bonds is 3. The highest BCUT2D eigenvalue weighted by Crippen LogP contribution is 2.18. The first-order valence-electron chi connectivity index (χ1n) is 6.40. The van der Waals surface area contributed by atoms with Crippen LogP contribution in [0.2, 0.25) is 0 Å². The molecule has 0 amide bonds. The summed E-state index contributed by atoms with van der Waals surface area (Å²) in [7, 11) is -3.78. The second-order valence-corrected chi connectivity index (χ2v) is 6.81. The second kappa shape index (κ2) is 5.56. The largest absolute Gasteiger partial charge is 0.314 e. The van der Waals surface area contributed by atoms with Crippen molar-refractivity contribution in [3.8, 4) is 0 Å². The number of piperidine rings is 1. The normalized spacial score (nSPS) is 24.4. The topological polar surface area (TPSA) is 58.2 Å². The molecule has 106 valence electrons. The summed E-state index contributed by atoms with van der Waals surface area (Å²) < 4.78 is 40.7. The van der Waals surface area contributed by atoms with E-state index in [0.29, 0.717) is 12.0 Å². The maximum absolute atomic E-state index is 13.7. The quantitative estimate of drug-likeness (QED) is 0.886. The van der Waals surface area contributed by atoms with Gasteiger partial charge in [0.15, 0.2) is 0 Å². The minimum atomic E-state index is -3.78. The van der Waals surface area contributed by atoms with Crippen molar-refractivity contribution in [2.24, 2.45) is 0 Å². The molecule has 19 heavy (non-hydrogen) atoms. The van der Waals surface area contributed by atoms with Crippen molar-refractivity contribution in [2.75, 3.05) is 6.54 Å². The first kappa shape index (κ1) is 14.4. The number of halogens is 1. The minimum absolute atomic E-state index is 0.137. The van der Waals surface area contributed by atoms with Gasteiger partial charge in [0.1, 0.15) is 10.7 Å². The third-order valence-electron chi connectivity index (χ3n) is 3.32. The van der Waals surface area contributed by atoms with Crippen LogP contribution in [-0.4, -0.2) is 27.0 Å². The number of sulfonamides is 1. The molecule has 0 aromatic heterocycles. The molecule has 1 aromatic carbocycles. The zero-order valence-electron chi connectivity index (χ0n) is 11.1. The van der Waals surface area contributed by atoms with E-state index in [9.17, 15) is 12.8 Å². The molecule has 0 aliphatic carbocycles. The maximum Gasteiger partial charge on any atom is 0.243 e. The molecule has 4 nitrogen and oxygen atoms in total. The van der Waals surface area contributed by atoms with Crippen LogP contribution in [0.15, 0.2) is 23.1 Å². The van der Waals surface area contributed by atoms with E-state index in [1.54, 1.807) is 13.0 Å². The van der Waals surface area contributed by atoms with E-state index in [1.807, 2.05) is 6.92 Å². The molecule has 1 saturated heterocycles. The molecule has 2 N–H and O–H groups in total. The van der Waals surface area contributed by atoms with Gasteiger partial charge in [-0.2, -0.15) is 0 Å². The van der Waals surface area contributed by atoms with Gasteiger partial charge in [0.25, 0.3) is 0 Å². The summed E-state index contributed by atoms with van der Waals surface area (Å²) in [6.45, 7) is 4.50. The predicted molar refractivity (Wildman–Crippen MR) is 71.9 cm³/mol. The smallest absolute Gasteiger partial charge is 0.243 e. The Morgan fingerprint density at radius 1 is 1.42 bits per heavy atom. The number of benzene rings is 1. The van der Waals surface area contributed by atoms with Gasteiger partial charge in [-0.25, -0.2) is 17.5 Å². The van der Waals surface area contributed by atoms with Crippen LogP contribution in [0.4, 0.5) is 4.39 Å². The number of hydrogen-bond acceptors (Lipinski definition) is 3. The van der Waals surface area contributed by atoms with Crippen LogP contribution < -0.4 is 10.0 Å². The summed E-state index contributed by atoms with van der Waals surface area (Å²) in [5, 5.41) is 3.25. The Bertz CT molecular complexity index is 560. The number of aryl methyl sites for hydroxylation is 1. The fraction of sp³-hybridized carbons (Fsp3) is 0.538. The average molecular weight is 286 g/mol. The van der Waals surface area contributed by atoms with Gasteiger partial charge in [0, 0.05) is 12.1 Å². The van der Waals surface area contributed by atoms with Gasteiger partial charge in [-0.3, -0.25) is 0 Å². The highest BCUT2D eigenvalue weighted by molar-refractivity contribution is 7.89. The fourth-order valence-corrected chi connectivity index (χ4v) is 3.69. The van der Waals surface area contributed by atoms with Gasteiger partial charge < -0.3 is 5.32 Å². The molecule has 6 heteroatoms. The van der Waals surface area contributed by atoms with Crippen molar-refractivity contribution >= 4 is 10.0 Å². The number of nitrogens with one attached hydrogen (secondary N) is 2. The first-order valence-corrected chi connectivity index (χ1v) is 7.88.